The molecular weight excluding hydrogens is 378 g/mol. The van der Waals surface area contributed by atoms with Crippen LogP contribution in [0, 0.1) is 6.92 Å². The van der Waals surface area contributed by atoms with E-state index in [1.54, 1.807) is 24.6 Å². The third-order valence-corrected chi connectivity index (χ3v) is 7.42. The lowest BCUT2D eigenvalue weighted by molar-refractivity contribution is -0.115. The molecule has 142 valence electrons. The van der Waals surface area contributed by atoms with Gasteiger partial charge in [0.1, 0.15) is 11.6 Å². The second-order valence-electron chi connectivity index (χ2n) is 6.33. The molecular formula is C15H21N5O4S2. The highest BCUT2D eigenvalue weighted by atomic mass is 32.2. The van der Waals surface area contributed by atoms with Crippen LogP contribution < -0.4 is 5.32 Å². The van der Waals surface area contributed by atoms with E-state index in [2.05, 4.69) is 20.7 Å². The Kier molecular flexibility index (Phi) is 5.37. The number of amides is 1. The van der Waals surface area contributed by atoms with Crippen molar-refractivity contribution in [3.05, 3.63) is 17.7 Å². The van der Waals surface area contributed by atoms with Crippen LogP contribution in [0.3, 0.4) is 0 Å². The summed E-state index contributed by atoms with van der Waals surface area (Å²) in [6.07, 6.45) is 1.15. The summed E-state index contributed by atoms with van der Waals surface area (Å²) in [5.41, 5.74) is 0. The molecule has 2 atom stereocenters. The number of aromatic nitrogens is 4. The molecule has 0 bridgehead atoms. The van der Waals surface area contributed by atoms with Gasteiger partial charge in [-0.05, 0) is 19.8 Å². The van der Waals surface area contributed by atoms with Gasteiger partial charge in [0, 0.05) is 19.0 Å². The summed E-state index contributed by atoms with van der Waals surface area (Å²) in [7, 11) is -1.19. The van der Waals surface area contributed by atoms with Gasteiger partial charge < -0.3 is 14.4 Å². The topological polar surface area (TPSA) is 120 Å². The summed E-state index contributed by atoms with van der Waals surface area (Å²) in [4.78, 5) is 12.5. The standard InChI is InChI=1S/C15H21N5O4S2/c1-4-11(14(21)16-12-7-9(2)24-19-12)25-15-18-17-13(20(15)3)10-5-6-26(22,23)8-10/h7,10-11H,4-6,8H2,1-3H3,(H,16,19,21)/t10-,11-/m0/s1. The Balaban J connectivity index is 1.70. The van der Waals surface area contributed by atoms with Crippen molar-refractivity contribution in [2.75, 3.05) is 16.8 Å². The minimum atomic E-state index is -2.99. The van der Waals surface area contributed by atoms with E-state index in [1.165, 1.54) is 11.8 Å². The van der Waals surface area contributed by atoms with Gasteiger partial charge in [-0.25, -0.2) is 8.42 Å². The summed E-state index contributed by atoms with van der Waals surface area (Å²) in [6.45, 7) is 3.66. The molecule has 3 heterocycles. The number of hydrogen-bond donors (Lipinski definition) is 1. The van der Waals surface area contributed by atoms with Crippen LogP contribution in [0.25, 0.3) is 0 Å². The van der Waals surface area contributed by atoms with Crippen LogP contribution in [0.2, 0.25) is 0 Å². The fourth-order valence-corrected chi connectivity index (χ4v) is 5.53. The molecule has 11 heteroatoms. The van der Waals surface area contributed by atoms with Crippen LogP contribution >= 0.6 is 11.8 Å². The first-order valence-corrected chi connectivity index (χ1v) is 11.0. The van der Waals surface area contributed by atoms with Gasteiger partial charge >= 0.3 is 0 Å². The predicted octanol–water partition coefficient (Wildman–Crippen LogP) is 1.52. The van der Waals surface area contributed by atoms with Crippen molar-refractivity contribution in [1.29, 1.82) is 0 Å². The summed E-state index contributed by atoms with van der Waals surface area (Å²) in [5.74, 6) is 1.59. The Morgan fingerprint density at radius 3 is 2.85 bits per heavy atom. The second-order valence-corrected chi connectivity index (χ2v) is 9.73. The normalized spacial score (nSPS) is 20.2. The average Bonchev–Trinajstić information content (AvgIpc) is 3.25. The molecule has 0 radical (unpaired) electrons. The number of nitrogens with one attached hydrogen (secondary N) is 1. The van der Waals surface area contributed by atoms with Crippen molar-refractivity contribution in [2.24, 2.45) is 7.05 Å². The van der Waals surface area contributed by atoms with Gasteiger partial charge in [0.25, 0.3) is 0 Å². The number of carbonyl (C=O) groups is 1. The minimum absolute atomic E-state index is 0.104. The zero-order chi connectivity index (χ0) is 18.9. The zero-order valence-electron chi connectivity index (χ0n) is 14.8. The molecule has 1 fully saturated rings. The molecule has 1 saturated heterocycles. The molecule has 1 aliphatic heterocycles. The maximum atomic E-state index is 12.5. The van der Waals surface area contributed by atoms with Gasteiger partial charge in [0.2, 0.25) is 5.91 Å². The highest BCUT2D eigenvalue weighted by Crippen LogP contribution is 2.31. The number of anilines is 1. The first-order chi connectivity index (χ1) is 12.3. The first kappa shape index (κ1) is 18.9. The van der Waals surface area contributed by atoms with Crippen molar-refractivity contribution in [3.63, 3.8) is 0 Å². The summed E-state index contributed by atoms with van der Waals surface area (Å²) in [5, 5.41) is 15.0. The Morgan fingerprint density at radius 1 is 1.50 bits per heavy atom. The minimum Gasteiger partial charge on any atom is -0.360 e. The molecule has 0 unspecified atom stereocenters. The molecule has 0 aliphatic carbocycles. The van der Waals surface area contributed by atoms with Crippen LogP contribution in [0.15, 0.2) is 15.7 Å². The number of sulfone groups is 1. The zero-order valence-corrected chi connectivity index (χ0v) is 16.4. The third kappa shape index (κ3) is 4.09. The van der Waals surface area contributed by atoms with Gasteiger partial charge in [-0.15, -0.1) is 10.2 Å². The quantitative estimate of drug-likeness (QED) is 0.726. The SMILES string of the molecule is CC[C@H](Sc1nnc([C@H]2CCS(=O)(=O)C2)n1C)C(=O)Nc1cc(C)on1. The van der Waals surface area contributed by atoms with Crippen LogP contribution in [0.5, 0.6) is 0 Å². The van der Waals surface area contributed by atoms with Gasteiger partial charge in [0.15, 0.2) is 20.8 Å². The lowest BCUT2D eigenvalue weighted by Crippen LogP contribution is -2.25. The monoisotopic (exact) mass is 399 g/mol. The maximum absolute atomic E-state index is 12.5. The summed E-state index contributed by atoms with van der Waals surface area (Å²) < 4.78 is 30.1. The summed E-state index contributed by atoms with van der Waals surface area (Å²) >= 11 is 1.30. The number of carbonyl (C=O) groups excluding carboxylic acids is 1. The van der Waals surface area contributed by atoms with Gasteiger partial charge in [-0.1, -0.05) is 23.8 Å². The van der Waals surface area contributed by atoms with Crippen molar-refractivity contribution < 1.29 is 17.7 Å². The molecule has 1 N–H and O–H groups in total. The molecule has 0 aromatic carbocycles. The Bertz CT molecular complexity index is 905. The van der Waals surface area contributed by atoms with Crippen molar-refractivity contribution in [1.82, 2.24) is 19.9 Å². The van der Waals surface area contributed by atoms with Crippen LogP contribution in [0.1, 0.15) is 37.3 Å². The van der Waals surface area contributed by atoms with E-state index in [1.807, 2.05) is 6.92 Å². The lowest BCUT2D eigenvalue weighted by Gasteiger charge is -2.13. The fraction of sp³-hybridized carbons (Fsp3) is 0.600. The second kappa shape index (κ2) is 7.39. The van der Waals surface area contributed by atoms with Gasteiger partial charge in [0.05, 0.1) is 16.8 Å². The predicted molar refractivity (Wildman–Crippen MR) is 96.8 cm³/mol. The van der Waals surface area contributed by atoms with E-state index >= 15 is 0 Å². The van der Waals surface area contributed by atoms with E-state index in [9.17, 15) is 13.2 Å². The number of thioether (sulfide) groups is 1. The van der Waals surface area contributed by atoms with Crippen LogP contribution in [0.4, 0.5) is 5.82 Å². The number of nitrogens with zero attached hydrogens (tertiary/aromatic N) is 4. The Morgan fingerprint density at radius 2 is 2.27 bits per heavy atom. The molecule has 3 rings (SSSR count). The smallest absolute Gasteiger partial charge is 0.239 e. The van der Waals surface area contributed by atoms with E-state index < -0.39 is 9.84 Å². The van der Waals surface area contributed by atoms with E-state index in [4.69, 9.17) is 4.52 Å². The maximum Gasteiger partial charge on any atom is 0.239 e. The summed E-state index contributed by atoms with van der Waals surface area (Å²) in [6, 6.07) is 1.65. The van der Waals surface area contributed by atoms with Crippen molar-refractivity contribution >= 4 is 33.3 Å². The third-order valence-electron chi connectivity index (χ3n) is 4.26. The van der Waals surface area contributed by atoms with Crippen LogP contribution in [-0.4, -0.2) is 51.0 Å². The number of rotatable bonds is 6. The molecule has 26 heavy (non-hydrogen) atoms. The van der Waals surface area contributed by atoms with Crippen LogP contribution in [-0.2, 0) is 21.7 Å². The molecule has 9 nitrogen and oxygen atoms in total. The highest BCUT2D eigenvalue weighted by Gasteiger charge is 2.33. The molecule has 1 amide bonds. The number of hydrogen-bond acceptors (Lipinski definition) is 8. The van der Waals surface area contributed by atoms with Gasteiger partial charge in [-0.2, -0.15) is 0 Å². The molecule has 2 aromatic heterocycles. The largest absolute Gasteiger partial charge is 0.360 e. The van der Waals surface area contributed by atoms with Crippen molar-refractivity contribution in [2.45, 2.75) is 43.0 Å². The molecule has 1 aliphatic rings. The van der Waals surface area contributed by atoms with Gasteiger partial charge in [-0.3, -0.25) is 4.79 Å². The Hall–Kier alpha value is -1.88. The molecule has 0 saturated carbocycles. The first-order valence-electron chi connectivity index (χ1n) is 8.29. The highest BCUT2D eigenvalue weighted by molar-refractivity contribution is 8.00. The number of aryl methyl sites for hydroxylation is 1. The van der Waals surface area contributed by atoms with E-state index in [0.717, 1.165) is 0 Å². The molecule has 2 aromatic rings. The van der Waals surface area contributed by atoms with E-state index in [0.29, 0.717) is 35.4 Å². The van der Waals surface area contributed by atoms with E-state index in [-0.39, 0.29) is 28.6 Å². The Labute approximate surface area is 155 Å². The fourth-order valence-electron chi connectivity index (χ4n) is 2.86. The molecule has 0 spiro atoms. The lowest BCUT2D eigenvalue weighted by atomic mass is 10.1. The van der Waals surface area contributed by atoms with Crippen molar-refractivity contribution in [3.8, 4) is 0 Å². The average molecular weight is 399 g/mol.